The van der Waals surface area contributed by atoms with E-state index in [0.717, 1.165) is 18.1 Å². The quantitative estimate of drug-likeness (QED) is 0.864. The maximum atomic E-state index is 4.22. The average molecular weight is 263 g/mol. The Morgan fingerprint density at radius 3 is 2.79 bits per heavy atom. The summed E-state index contributed by atoms with van der Waals surface area (Å²) in [6, 6.07) is 0. The van der Waals surface area contributed by atoms with Crippen molar-refractivity contribution in [2.24, 2.45) is 0 Å². The van der Waals surface area contributed by atoms with Crippen molar-refractivity contribution in [3.05, 3.63) is 24.0 Å². The lowest BCUT2D eigenvalue weighted by Crippen LogP contribution is -2.35. The van der Waals surface area contributed by atoms with E-state index in [2.05, 4.69) is 46.5 Å². The Balaban J connectivity index is 1.98. The molecule has 0 saturated carbocycles. The predicted octanol–water partition coefficient (Wildman–Crippen LogP) is 0.826. The Hall–Kier alpha value is -1.76. The van der Waals surface area contributed by atoms with E-state index >= 15 is 0 Å². The van der Waals surface area contributed by atoms with Crippen LogP contribution in [0.25, 0.3) is 0 Å². The van der Waals surface area contributed by atoms with Gasteiger partial charge in [-0.1, -0.05) is 5.21 Å². The molecule has 104 valence electrons. The van der Waals surface area contributed by atoms with Crippen LogP contribution >= 0.6 is 0 Å². The molecule has 0 fully saturated rings. The van der Waals surface area contributed by atoms with Gasteiger partial charge >= 0.3 is 0 Å². The van der Waals surface area contributed by atoms with Gasteiger partial charge in [0.05, 0.1) is 11.9 Å². The molecular weight excluding hydrogens is 242 g/mol. The van der Waals surface area contributed by atoms with Crippen LogP contribution in [0.2, 0.25) is 0 Å². The van der Waals surface area contributed by atoms with Gasteiger partial charge in [0.1, 0.15) is 18.7 Å². The average Bonchev–Trinajstić information content (AvgIpc) is 2.95. The second-order valence-electron chi connectivity index (χ2n) is 5.50. The van der Waals surface area contributed by atoms with Crippen molar-refractivity contribution in [3.8, 4) is 0 Å². The first kappa shape index (κ1) is 13.7. The van der Waals surface area contributed by atoms with Crippen LogP contribution < -0.4 is 5.32 Å². The molecule has 7 nitrogen and oxygen atoms in total. The van der Waals surface area contributed by atoms with Crippen LogP contribution in [-0.4, -0.2) is 35.3 Å². The summed E-state index contributed by atoms with van der Waals surface area (Å²) < 4.78 is 3.64. The summed E-state index contributed by atoms with van der Waals surface area (Å²) in [6.07, 6.45) is 3.51. The molecule has 2 rings (SSSR count). The standard InChI is InChI=1S/C12H21N7/c1-5-19-11(13-9-15-19)8-18-7-10(16-17-18)6-14-12(2,3)4/h7,9,14H,5-6,8H2,1-4H3. The van der Waals surface area contributed by atoms with Gasteiger partial charge in [-0.25, -0.2) is 14.3 Å². The van der Waals surface area contributed by atoms with Gasteiger partial charge in [-0.05, 0) is 27.7 Å². The van der Waals surface area contributed by atoms with Gasteiger partial charge in [0.2, 0.25) is 0 Å². The van der Waals surface area contributed by atoms with Gasteiger partial charge in [0.25, 0.3) is 0 Å². The van der Waals surface area contributed by atoms with Gasteiger partial charge in [-0.3, -0.25) is 0 Å². The number of nitrogens with zero attached hydrogens (tertiary/aromatic N) is 6. The summed E-state index contributed by atoms with van der Waals surface area (Å²) in [4.78, 5) is 4.22. The molecule has 1 N–H and O–H groups in total. The molecule has 0 aliphatic carbocycles. The summed E-state index contributed by atoms with van der Waals surface area (Å²) in [7, 11) is 0. The van der Waals surface area contributed by atoms with Crippen molar-refractivity contribution in [2.75, 3.05) is 0 Å². The SMILES string of the molecule is CCn1ncnc1Cn1cc(CNC(C)(C)C)nn1. The normalized spacial score (nSPS) is 12.0. The fourth-order valence-corrected chi connectivity index (χ4v) is 1.67. The number of hydrogen-bond acceptors (Lipinski definition) is 5. The summed E-state index contributed by atoms with van der Waals surface area (Å²) >= 11 is 0. The van der Waals surface area contributed by atoms with Gasteiger partial charge < -0.3 is 5.32 Å². The first-order chi connectivity index (χ1) is 8.98. The number of nitrogens with one attached hydrogen (secondary N) is 1. The first-order valence-corrected chi connectivity index (χ1v) is 6.48. The van der Waals surface area contributed by atoms with Crippen molar-refractivity contribution in [1.29, 1.82) is 0 Å². The van der Waals surface area contributed by atoms with Crippen molar-refractivity contribution in [1.82, 2.24) is 35.1 Å². The molecule has 0 unspecified atom stereocenters. The second kappa shape index (κ2) is 5.48. The van der Waals surface area contributed by atoms with Crippen LogP contribution in [0.3, 0.4) is 0 Å². The molecule has 0 bridgehead atoms. The van der Waals surface area contributed by atoms with Crippen LogP contribution in [0.4, 0.5) is 0 Å². The van der Waals surface area contributed by atoms with Crippen molar-refractivity contribution in [2.45, 2.75) is 52.9 Å². The summed E-state index contributed by atoms with van der Waals surface area (Å²) in [5.41, 5.74) is 1.00. The Bertz CT molecular complexity index is 520. The molecule has 0 spiro atoms. The predicted molar refractivity (Wildman–Crippen MR) is 71.4 cm³/mol. The molecule has 2 aromatic heterocycles. The minimum Gasteiger partial charge on any atom is -0.306 e. The van der Waals surface area contributed by atoms with E-state index in [1.807, 2.05) is 17.8 Å². The van der Waals surface area contributed by atoms with Gasteiger partial charge in [-0.15, -0.1) is 5.10 Å². The number of rotatable bonds is 5. The summed E-state index contributed by atoms with van der Waals surface area (Å²) in [6.45, 7) is 10.5. The lowest BCUT2D eigenvalue weighted by atomic mass is 10.1. The first-order valence-electron chi connectivity index (χ1n) is 6.48. The lowest BCUT2D eigenvalue weighted by Gasteiger charge is -2.19. The Labute approximate surface area is 113 Å². The number of aromatic nitrogens is 6. The molecule has 0 aliphatic rings. The smallest absolute Gasteiger partial charge is 0.148 e. The van der Waals surface area contributed by atoms with Crippen LogP contribution in [0.15, 0.2) is 12.5 Å². The van der Waals surface area contributed by atoms with Crippen LogP contribution in [0, 0.1) is 0 Å². The minimum atomic E-state index is 0.0756. The fraction of sp³-hybridized carbons (Fsp3) is 0.667. The van der Waals surface area contributed by atoms with E-state index in [-0.39, 0.29) is 5.54 Å². The third-order valence-electron chi connectivity index (χ3n) is 2.68. The van der Waals surface area contributed by atoms with E-state index < -0.39 is 0 Å². The Morgan fingerprint density at radius 2 is 2.11 bits per heavy atom. The molecule has 2 heterocycles. The highest BCUT2D eigenvalue weighted by molar-refractivity contribution is 4.95. The third kappa shape index (κ3) is 3.85. The van der Waals surface area contributed by atoms with E-state index in [1.165, 1.54) is 0 Å². The molecule has 7 heteroatoms. The van der Waals surface area contributed by atoms with Crippen LogP contribution in [0.5, 0.6) is 0 Å². The summed E-state index contributed by atoms with van der Waals surface area (Å²) in [5.74, 6) is 0.891. The van der Waals surface area contributed by atoms with E-state index in [9.17, 15) is 0 Å². The lowest BCUT2D eigenvalue weighted by molar-refractivity contribution is 0.421. The maximum Gasteiger partial charge on any atom is 0.148 e. The molecule has 2 aromatic rings. The monoisotopic (exact) mass is 263 g/mol. The Morgan fingerprint density at radius 1 is 1.32 bits per heavy atom. The van der Waals surface area contributed by atoms with Gasteiger partial charge in [0, 0.05) is 18.6 Å². The maximum absolute atomic E-state index is 4.22. The van der Waals surface area contributed by atoms with Crippen LogP contribution in [-0.2, 0) is 19.6 Å². The van der Waals surface area contributed by atoms with E-state index in [4.69, 9.17) is 0 Å². The molecule has 0 aliphatic heterocycles. The molecule has 0 saturated heterocycles. The molecule has 0 amide bonds. The molecule has 0 radical (unpaired) electrons. The fourth-order valence-electron chi connectivity index (χ4n) is 1.67. The van der Waals surface area contributed by atoms with Crippen molar-refractivity contribution < 1.29 is 0 Å². The molecule has 0 atom stereocenters. The Kier molecular flexibility index (Phi) is 3.94. The molecule has 19 heavy (non-hydrogen) atoms. The highest BCUT2D eigenvalue weighted by atomic mass is 15.4. The highest BCUT2D eigenvalue weighted by Crippen LogP contribution is 2.03. The van der Waals surface area contributed by atoms with Crippen LogP contribution in [0.1, 0.15) is 39.2 Å². The largest absolute Gasteiger partial charge is 0.306 e. The summed E-state index contributed by atoms with van der Waals surface area (Å²) in [5, 5.41) is 15.8. The van der Waals surface area contributed by atoms with E-state index in [1.54, 1.807) is 11.0 Å². The highest BCUT2D eigenvalue weighted by Gasteiger charge is 2.11. The van der Waals surface area contributed by atoms with Crippen molar-refractivity contribution >= 4 is 0 Å². The topological polar surface area (TPSA) is 73.5 Å². The number of aryl methyl sites for hydroxylation is 1. The van der Waals surface area contributed by atoms with Gasteiger partial charge in [0.15, 0.2) is 0 Å². The molecular formula is C12H21N7. The zero-order valence-electron chi connectivity index (χ0n) is 12.0. The zero-order chi connectivity index (χ0) is 13.9. The molecule has 0 aromatic carbocycles. The number of hydrogen-bond donors (Lipinski definition) is 1. The van der Waals surface area contributed by atoms with Gasteiger partial charge in [-0.2, -0.15) is 5.10 Å². The second-order valence-corrected chi connectivity index (χ2v) is 5.50. The zero-order valence-corrected chi connectivity index (χ0v) is 12.0. The van der Waals surface area contributed by atoms with E-state index in [0.29, 0.717) is 13.1 Å². The third-order valence-corrected chi connectivity index (χ3v) is 2.68. The van der Waals surface area contributed by atoms with Crippen molar-refractivity contribution in [3.63, 3.8) is 0 Å². The minimum absolute atomic E-state index is 0.0756.